The molecular weight excluding hydrogens is 667 g/mol. The van der Waals surface area contributed by atoms with Crippen LogP contribution >= 0.6 is 24.8 Å². The van der Waals surface area contributed by atoms with Gasteiger partial charge in [-0.3, -0.25) is 4.79 Å². The van der Waals surface area contributed by atoms with Gasteiger partial charge in [-0.2, -0.15) is 5.10 Å². The van der Waals surface area contributed by atoms with E-state index < -0.39 is 0 Å². The number of methoxy groups -OCH3 is 1. The normalized spacial score (nSPS) is 22.6. The standard InChI is InChI=1S/C29H42N4O3.C6H12N4O.2ClH/c1-4-5-11-26-25(21-12-14-24(15-13-21)36-23-9-7-6-8-10-23)18-27(32-31-26)29(34)30-19-22-20-33(2)17-16-28(22)35-3;7-10-9-4-5-3-8-2-1-6(5)11;;/h12-15,18,22-23,28H,4-11,16-17,19-20H2,1-3H3,(H,30,34);5-6,8,11H,1-4H2;2*1H. The second-order valence-corrected chi connectivity index (χ2v) is 13.1. The maximum atomic E-state index is 13.1. The number of hydrogen-bond acceptors (Lipinski definition) is 9. The van der Waals surface area contributed by atoms with Gasteiger partial charge in [0.1, 0.15) is 5.75 Å². The number of carbonyl (C=O) groups is 1. The van der Waals surface area contributed by atoms with Crippen molar-refractivity contribution >= 4 is 30.7 Å². The smallest absolute Gasteiger partial charge is 0.271 e. The number of hydrogen-bond donors (Lipinski definition) is 3. The summed E-state index contributed by atoms with van der Waals surface area (Å²) >= 11 is 0. The van der Waals surface area contributed by atoms with Crippen molar-refractivity contribution in [2.75, 3.05) is 53.4 Å². The molecule has 2 saturated heterocycles. The molecule has 3 heterocycles. The minimum atomic E-state index is -0.304. The van der Waals surface area contributed by atoms with Crippen LogP contribution in [0.25, 0.3) is 21.6 Å². The molecular formula is C35H56Cl2N8O4. The second kappa shape index (κ2) is 22.9. The van der Waals surface area contributed by atoms with Gasteiger partial charge in [-0.15, -0.1) is 29.9 Å². The van der Waals surface area contributed by atoms with E-state index in [-0.39, 0.29) is 54.8 Å². The number of amides is 1. The molecule has 274 valence electrons. The highest BCUT2D eigenvalue weighted by Crippen LogP contribution is 2.29. The molecule has 12 nitrogen and oxygen atoms in total. The van der Waals surface area contributed by atoms with Gasteiger partial charge < -0.3 is 30.1 Å². The van der Waals surface area contributed by atoms with Gasteiger partial charge in [-0.1, -0.05) is 37.0 Å². The molecule has 4 unspecified atom stereocenters. The SMILES string of the molecule is CCCCc1nnc(C(=O)NCC2CN(C)CCC2OC)cc1-c1ccc(OC2CCCCC2)cc1.Cl.Cl.[N-]=[N+]=NCC1CNCCC1O. The lowest BCUT2D eigenvalue weighted by Gasteiger charge is -2.35. The molecule has 2 aromatic rings. The Hall–Kier alpha value is -2.70. The van der Waals surface area contributed by atoms with Gasteiger partial charge in [0, 0.05) is 62.1 Å². The third kappa shape index (κ3) is 13.5. The zero-order chi connectivity index (χ0) is 33.4. The van der Waals surface area contributed by atoms with Gasteiger partial charge in [-0.05, 0) is 94.3 Å². The Morgan fingerprint density at radius 2 is 1.88 bits per heavy atom. The van der Waals surface area contributed by atoms with Crippen molar-refractivity contribution in [2.24, 2.45) is 17.0 Å². The van der Waals surface area contributed by atoms with Gasteiger partial charge in [0.15, 0.2) is 5.69 Å². The highest BCUT2D eigenvalue weighted by atomic mass is 35.5. The molecule has 49 heavy (non-hydrogen) atoms. The van der Waals surface area contributed by atoms with Crippen LogP contribution in [-0.2, 0) is 11.2 Å². The molecule has 2 aliphatic heterocycles. The Bertz CT molecular complexity index is 1290. The van der Waals surface area contributed by atoms with Crippen LogP contribution in [0.3, 0.4) is 0 Å². The average Bonchev–Trinajstić information content (AvgIpc) is 3.10. The number of carbonyl (C=O) groups excluding carboxylic acids is 1. The van der Waals surface area contributed by atoms with Crippen molar-refractivity contribution in [3.05, 3.63) is 52.2 Å². The van der Waals surface area contributed by atoms with Crippen molar-refractivity contribution in [3.8, 4) is 16.9 Å². The third-order valence-electron chi connectivity index (χ3n) is 9.53. The molecule has 3 fully saturated rings. The summed E-state index contributed by atoms with van der Waals surface area (Å²) in [5.41, 5.74) is 11.3. The van der Waals surface area contributed by atoms with E-state index in [0.29, 0.717) is 24.9 Å². The quantitative estimate of drug-likeness (QED) is 0.137. The van der Waals surface area contributed by atoms with Crippen LogP contribution in [0.4, 0.5) is 0 Å². The summed E-state index contributed by atoms with van der Waals surface area (Å²) in [6.45, 7) is 6.65. The van der Waals surface area contributed by atoms with Crippen LogP contribution in [0, 0.1) is 11.8 Å². The monoisotopic (exact) mass is 722 g/mol. The summed E-state index contributed by atoms with van der Waals surface area (Å²) in [6.07, 6.45) is 10.9. The number of nitrogens with zero attached hydrogens (tertiary/aromatic N) is 6. The van der Waals surface area contributed by atoms with Crippen LogP contribution < -0.4 is 15.4 Å². The molecule has 0 spiro atoms. The first-order chi connectivity index (χ1) is 22.9. The summed E-state index contributed by atoms with van der Waals surface area (Å²) < 4.78 is 11.9. The van der Waals surface area contributed by atoms with Crippen molar-refractivity contribution in [1.29, 1.82) is 0 Å². The Morgan fingerprint density at radius 3 is 2.55 bits per heavy atom. The lowest BCUT2D eigenvalue weighted by atomic mass is 9.94. The summed E-state index contributed by atoms with van der Waals surface area (Å²) in [7, 11) is 3.86. The molecule has 3 aliphatic rings. The predicted molar refractivity (Wildman–Crippen MR) is 198 cm³/mol. The van der Waals surface area contributed by atoms with Crippen LogP contribution in [0.2, 0.25) is 0 Å². The number of azide groups is 1. The number of nitrogens with one attached hydrogen (secondary N) is 2. The lowest BCUT2D eigenvalue weighted by Crippen LogP contribution is -2.47. The molecule has 1 saturated carbocycles. The van der Waals surface area contributed by atoms with Crippen LogP contribution in [-0.4, -0.2) is 97.8 Å². The van der Waals surface area contributed by atoms with Gasteiger partial charge in [-0.25, -0.2) is 0 Å². The van der Waals surface area contributed by atoms with E-state index in [0.717, 1.165) is 93.7 Å². The van der Waals surface area contributed by atoms with Gasteiger partial charge in [0.05, 0.1) is 24.0 Å². The van der Waals surface area contributed by atoms with E-state index in [1.165, 1.54) is 19.3 Å². The zero-order valence-electron chi connectivity index (χ0n) is 29.3. The van der Waals surface area contributed by atoms with E-state index in [2.05, 4.69) is 61.9 Å². The molecule has 0 radical (unpaired) electrons. The number of aryl methyl sites for hydroxylation is 1. The summed E-state index contributed by atoms with van der Waals surface area (Å²) in [5.74, 6) is 1.07. The van der Waals surface area contributed by atoms with E-state index in [1.807, 2.05) is 18.2 Å². The van der Waals surface area contributed by atoms with E-state index in [9.17, 15) is 9.90 Å². The number of unbranched alkanes of at least 4 members (excludes halogenated alkanes) is 1. The average molecular weight is 724 g/mol. The van der Waals surface area contributed by atoms with Crippen molar-refractivity contribution in [3.63, 3.8) is 0 Å². The molecule has 3 N–H and O–H groups in total. The lowest BCUT2D eigenvalue weighted by molar-refractivity contribution is 0.00110. The summed E-state index contributed by atoms with van der Waals surface area (Å²) in [4.78, 5) is 18.0. The fraction of sp³-hybridized carbons (Fsp3) is 0.686. The van der Waals surface area contributed by atoms with Gasteiger partial charge >= 0.3 is 0 Å². The number of benzene rings is 1. The van der Waals surface area contributed by atoms with Gasteiger partial charge in [0.25, 0.3) is 5.91 Å². The molecule has 14 heteroatoms. The van der Waals surface area contributed by atoms with Crippen molar-refractivity contribution in [2.45, 2.75) is 89.4 Å². The molecule has 0 bridgehead atoms. The Balaban J connectivity index is 0.000000548. The van der Waals surface area contributed by atoms with E-state index in [1.54, 1.807) is 7.11 Å². The molecule has 4 atom stereocenters. The first-order valence-electron chi connectivity index (χ1n) is 17.4. The van der Waals surface area contributed by atoms with E-state index in [4.69, 9.17) is 15.0 Å². The van der Waals surface area contributed by atoms with E-state index >= 15 is 0 Å². The first kappa shape index (κ1) is 42.5. The highest BCUT2D eigenvalue weighted by Gasteiger charge is 2.28. The van der Waals surface area contributed by atoms with Gasteiger partial charge in [0.2, 0.25) is 0 Å². The molecule has 1 amide bonds. The minimum absolute atomic E-state index is 0. The number of aliphatic hydroxyl groups is 1. The number of aromatic nitrogens is 2. The first-order valence-corrected chi connectivity index (χ1v) is 17.4. The number of rotatable bonds is 12. The van der Waals surface area contributed by atoms with Crippen molar-refractivity contribution in [1.82, 2.24) is 25.7 Å². The number of likely N-dealkylation sites (tertiary alicyclic amines) is 1. The maximum Gasteiger partial charge on any atom is 0.271 e. The van der Waals surface area contributed by atoms with Crippen molar-refractivity contribution < 1.29 is 19.4 Å². The highest BCUT2D eigenvalue weighted by molar-refractivity contribution is 5.93. The zero-order valence-corrected chi connectivity index (χ0v) is 30.9. The Morgan fingerprint density at radius 1 is 1.12 bits per heavy atom. The molecule has 1 aromatic carbocycles. The Kier molecular flexibility index (Phi) is 19.9. The maximum absolute atomic E-state index is 13.1. The minimum Gasteiger partial charge on any atom is -0.490 e. The molecule has 5 rings (SSSR count). The number of piperidine rings is 2. The van der Waals surface area contributed by atoms with Crippen LogP contribution in [0.15, 0.2) is 35.4 Å². The molecule has 1 aromatic heterocycles. The number of halogens is 2. The second-order valence-electron chi connectivity index (χ2n) is 13.1. The number of ether oxygens (including phenoxy) is 2. The Labute approximate surface area is 303 Å². The summed E-state index contributed by atoms with van der Waals surface area (Å²) in [6, 6.07) is 10.1. The predicted octanol–water partition coefficient (Wildman–Crippen LogP) is 6.00. The van der Waals surface area contributed by atoms with Crippen LogP contribution in [0.1, 0.15) is 80.9 Å². The summed E-state index contributed by atoms with van der Waals surface area (Å²) in [5, 5.41) is 27.8. The largest absolute Gasteiger partial charge is 0.490 e. The fourth-order valence-electron chi connectivity index (χ4n) is 6.65. The molecule has 1 aliphatic carbocycles. The fourth-order valence-corrected chi connectivity index (χ4v) is 6.65. The topological polar surface area (TPSA) is 158 Å². The number of aliphatic hydroxyl groups excluding tert-OH is 1. The third-order valence-corrected chi connectivity index (χ3v) is 9.53. The van der Waals surface area contributed by atoms with Crippen LogP contribution in [0.5, 0.6) is 5.75 Å².